The number of nitrogens with zero attached hydrogens (tertiary/aromatic N) is 1. The lowest BCUT2D eigenvalue weighted by atomic mass is 9.83. The first-order valence-corrected chi connectivity index (χ1v) is 8.32. The Labute approximate surface area is 121 Å². The van der Waals surface area contributed by atoms with Gasteiger partial charge in [0.15, 0.2) is 0 Å². The normalized spacial score (nSPS) is 26.1. The van der Waals surface area contributed by atoms with Gasteiger partial charge in [0.1, 0.15) is 0 Å². The summed E-state index contributed by atoms with van der Waals surface area (Å²) in [6, 6.07) is 1.38. The molecule has 0 aromatic rings. The topological polar surface area (TPSA) is 15.3 Å². The maximum Gasteiger partial charge on any atom is 0.0269 e. The zero-order valence-corrected chi connectivity index (χ0v) is 14.1. The van der Waals surface area contributed by atoms with Crippen LogP contribution in [-0.2, 0) is 0 Å². The molecule has 2 nitrogen and oxygen atoms in total. The van der Waals surface area contributed by atoms with Gasteiger partial charge in [0.25, 0.3) is 0 Å². The van der Waals surface area contributed by atoms with Crippen molar-refractivity contribution < 1.29 is 0 Å². The maximum atomic E-state index is 3.79. The lowest BCUT2D eigenvalue weighted by Crippen LogP contribution is -2.60. The van der Waals surface area contributed by atoms with Crippen LogP contribution in [0.15, 0.2) is 0 Å². The summed E-state index contributed by atoms with van der Waals surface area (Å²) < 4.78 is 0. The number of rotatable bonds is 6. The Hall–Kier alpha value is -0.0800. The summed E-state index contributed by atoms with van der Waals surface area (Å²) >= 11 is 0. The Bertz CT molecular complexity index is 242. The van der Waals surface area contributed by atoms with Crippen molar-refractivity contribution in [1.29, 1.82) is 0 Å². The first kappa shape index (κ1) is 17.0. The molecule has 0 spiro atoms. The van der Waals surface area contributed by atoms with E-state index >= 15 is 0 Å². The molecule has 1 N–H and O–H groups in total. The van der Waals surface area contributed by atoms with Crippen molar-refractivity contribution >= 4 is 0 Å². The van der Waals surface area contributed by atoms with Crippen LogP contribution in [0.1, 0.15) is 67.2 Å². The van der Waals surface area contributed by atoms with Gasteiger partial charge in [-0.25, -0.2) is 0 Å². The first-order valence-electron chi connectivity index (χ1n) is 8.32. The molecule has 1 heterocycles. The fourth-order valence-corrected chi connectivity index (χ4v) is 3.28. The molecule has 2 heteroatoms. The van der Waals surface area contributed by atoms with E-state index in [0.29, 0.717) is 17.5 Å². The summed E-state index contributed by atoms with van der Waals surface area (Å²) in [7, 11) is 0. The highest BCUT2D eigenvalue weighted by Crippen LogP contribution is 2.27. The molecule has 0 amide bonds. The Morgan fingerprint density at radius 3 is 2.42 bits per heavy atom. The molecule has 0 radical (unpaired) electrons. The minimum Gasteiger partial charge on any atom is -0.311 e. The molecule has 114 valence electrons. The summed E-state index contributed by atoms with van der Waals surface area (Å²) in [6.45, 7) is 17.8. The average molecular weight is 268 g/mol. The SMILES string of the molecule is CCCCCN1CC(CC(C)C)NCC1C(C)(C)C. The third-order valence-corrected chi connectivity index (χ3v) is 4.30. The second-order valence-electron chi connectivity index (χ2n) is 7.82. The molecule has 1 aliphatic heterocycles. The largest absolute Gasteiger partial charge is 0.311 e. The molecule has 1 fully saturated rings. The van der Waals surface area contributed by atoms with Crippen LogP contribution in [0.2, 0.25) is 0 Å². The van der Waals surface area contributed by atoms with E-state index in [1.165, 1.54) is 38.8 Å². The molecule has 1 aliphatic rings. The zero-order valence-electron chi connectivity index (χ0n) is 14.1. The monoisotopic (exact) mass is 268 g/mol. The second kappa shape index (κ2) is 7.64. The number of hydrogen-bond acceptors (Lipinski definition) is 2. The minimum atomic E-state index is 0.377. The van der Waals surface area contributed by atoms with Crippen molar-refractivity contribution in [2.24, 2.45) is 11.3 Å². The summed E-state index contributed by atoms with van der Waals surface area (Å²) in [5.41, 5.74) is 0.377. The van der Waals surface area contributed by atoms with E-state index in [2.05, 4.69) is 51.8 Å². The maximum absolute atomic E-state index is 3.79. The van der Waals surface area contributed by atoms with E-state index in [1.54, 1.807) is 0 Å². The Kier molecular flexibility index (Phi) is 6.82. The van der Waals surface area contributed by atoms with Crippen LogP contribution in [0.25, 0.3) is 0 Å². The van der Waals surface area contributed by atoms with Gasteiger partial charge in [0, 0.05) is 25.2 Å². The molecule has 2 unspecified atom stereocenters. The van der Waals surface area contributed by atoms with Gasteiger partial charge in [-0.05, 0) is 30.7 Å². The van der Waals surface area contributed by atoms with E-state index in [-0.39, 0.29) is 0 Å². The predicted octanol–water partition coefficient (Wildman–Crippen LogP) is 3.91. The highest BCUT2D eigenvalue weighted by molar-refractivity contribution is 4.92. The minimum absolute atomic E-state index is 0.377. The van der Waals surface area contributed by atoms with Gasteiger partial charge in [0.05, 0.1) is 0 Å². The van der Waals surface area contributed by atoms with Crippen LogP contribution in [-0.4, -0.2) is 36.6 Å². The van der Waals surface area contributed by atoms with Crippen molar-refractivity contribution in [3.05, 3.63) is 0 Å². The lowest BCUT2D eigenvalue weighted by molar-refractivity contribution is 0.0502. The van der Waals surface area contributed by atoms with Crippen LogP contribution >= 0.6 is 0 Å². The molecular weight excluding hydrogens is 232 g/mol. The number of hydrogen-bond donors (Lipinski definition) is 1. The van der Waals surface area contributed by atoms with Gasteiger partial charge in [0.2, 0.25) is 0 Å². The molecular formula is C17H36N2. The smallest absolute Gasteiger partial charge is 0.0269 e. The van der Waals surface area contributed by atoms with E-state index in [1.807, 2.05) is 0 Å². The highest BCUT2D eigenvalue weighted by Gasteiger charge is 2.35. The van der Waals surface area contributed by atoms with Crippen LogP contribution in [0.3, 0.4) is 0 Å². The van der Waals surface area contributed by atoms with Crippen LogP contribution in [0.5, 0.6) is 0 Å². The molecule has 0 saturated carbocycles. The van der Waals surface area contributed by atoms with Crippen LogP contribution < -0.4 is 5.32 Å². The highest BCUT2D eigenvalue weighted by atomic mass is 15.2. The van der Waals surface area contributed by atoms with Gasteiger partial charge in [-0.1, -0.05) is 54.4 Å². The number of unbranched alkanes of at least 4 members (excludes halogenated alkanes) is 2. The molecule has 0 aromatic carbocycles. The second-order valence-corrected chi connectivity index (χ2v) is 7.82. The van der Waals surface area contributed by atoms with Gasteiger partial charge < -0.3 is 5.32 Å². The summed E-state index contributed by atoms with van der Waals surface area (Å²) in [5.74, 6) is 0.793. The third-order valence-electron chi connectivity index (χ3n) is 4.30. The Balaban J connectivity index is 2.58. The zero-order chi connectivity index (χ0) is 14.5. The van der Waals surface area contributed by atoms with Crippen molar-refractivity contribution in [3.63, 3.8) is 0 Å². The van der Waals surface area contributed by atoms with Gasteiger partial charge in [-0.3, -0.25) is 4.90 Å². The van der Waals surface area contributed by atoms with Gasteiger partial charge in [-0.15, -0.1) is 0 Å². The van der Waals surface area contributed by atoms with E-state index in [9.17, 15) is 0 Å². The summed E-state index contributed by atoms with van der Waals surface area (Å²) in [4.78, 5) is 2.76. The van der Waals surface area contributed by atoms with Crippen molar-refractivity contribution in [3.8, 4) is 0 Å². The average Bonchev–Trinajstić information content (AvgIpc) is 2.27. The predicted molar refractivity (Wildman–Crippen MR) is 85.6 cm³/mol. The molecule has 0 aliphatic carbocycles. The van der Waals surface area contributed by atoms with E-state index in [4.69, 9.17) is 0 Å². The van der Waals surface area contributed by atoms with E-state index < -0.39 is 0 Å². The molecule has 0 aromatic heterocycles. The summed E-state index contributed by atoms with van der Waals surface area (Å²) in [6.07, 6.45) is 5.36. The molecule has 2 atom stereocenters. The summed E-state index contributed by atoms with van der Waals surface area (Å²) in [5, 5.41) is 3.79. The number of piperazine rings is 1. The van der Waals surface area contributed by atoms with Gasteiger partial charge >= 0.3 is 0 Å². The first-order chi connectivity index (χ1) is 8.84. The van der Waals surface area contributed by atoms with Crippen LogP contribution in [0.4, 0.5) is 0 Å². The molecule has 1 saturated heterocycles. The van der Waals surface area contributed by atoms with Crippen LogP contribution in [0, 0.1) is 11.3 Å². The fourth-order valence-electron chi connectivity index (χ4n) is 3.28. The van der Waals surface area contributed by atoms with E-state index in [0.717, 1.165) is 12.5 Å². The van der Waals surface area contributed by atoms with Crippen molar-refractivity contribution in [2.45, 2.75) is 79.3 Å². The lowest BCUT2D eigenvalue weighted by Gasteiger charge is -2.47. The molecule has 1 rings (SSSR count). The standard InChI is InChI=1S/C17H36N2/c1-7-8-9-10-19-13-15(11-14(2)3)18-12-16(19)17(4,5)6/h14-16,18H,7-13H2,1-6H3. The third kappa shape index (κ3) is 5.83. The molecule has 19 heavy (non-hydrogen) atoms. The quantitative estimate of drug-likeness (QED) is 0.735. The van der Waals surface area contributed by atoms with Gasteiger partial charge in [-0.2, -0.15) is 0 Å². The Morgan fingerprint density at radius 2 is 1.89 bits per heavy atom. The molecule has 0 bridgehead atoms. The van der Waals surface area contributed by atoms with Crippen molar-refractivity contribution in [2.75, 3.05) is 19.6 Å². The Morgan fingerprint density at radius 1 is 1.21 bits per heavy atom. The van der Waals surface area contributed by atoms with Crippen molar-refractivity contribution in [1.82, 2.24) is 10.2 Å². The number of nitrogens with one attached hydrogen (secondary N) is 1. The fraction of sp³-hybridized carbons (Fsp3) is 1.00.